The second kappa shape index (κ2) is 8.82. The van der Waals surface area contributed by atoms with Crippen LogP contribution in [-0.2, 0) is 31.3 Å². The first kappa shape index (κ1) is 23.3. The Morgan fingerprint density at radius 1 is 1.12 bits per heavy atom. The van der Waals surface area contributed by atoms with Gasteiger partial charge in [0.1, 0.15) is 5.69 Å². The predicted octanol–water partition coefficient (Wildman–Crippen LogP) is 2.07. The standard InChI is InChI=1S/C23H23N3O7S/c1-14-9-10-17(13-18(14)22(28)33-19-11-12-32-23(19)29)34(30,31)24-20-15(2)25(3)26(21(20)27)16-7-5-4-6-8-16/h4-10,13,19,24H,11-12H2,1-3H3. The fraction of sp³-hybridized carbons (Fsp3) is 0.261. The van der Waals surface area contributed by atoms with Gasteiger partial charge in [-0.3, -0.25) is 14.2 Å². The van der Waals surface area contributed by atoms with Crippen LogP contribution >= 0.6 is 0 Å². The molecule has 0 radical (unpaired) electrons. The molecule has 1 unspecified atom stereocenters. The number of nitrogens with zero attached hydrogens (tertiary/aromatic N) is 2. The lowest BCUT2D eigenvalue weighted by Gasteiger charge is -2.12. The molecule has 0 spiro atoms. The molecule has 4 rings (SSSR count). The van der Waals surface area contributed by atoms with Crippen LogP contribution in [0.1, 0.15) is 28.0 Å². The smallest absolute Gasteiger partial charge is 0.347 e. The number of carbonyl (C=O) groups is 2. The van der Waals surface area contributed by atoms with Gasteiger partial charge in [-0.05, 0) is 43.7 Å². The summed E-state index contributed by atoms with van der Waals surface area (Å²) in [5.41, 5.74) is 0.802. The van der Waals surface area contributed by atoms with E-state index in [2.05, 4.69) is 4.72 Å². The van der Waals surface area contributed by atoms with Crippen LogP contribution in [0.5, 0.6) is 0 Å². The van der Waals surface area contributed by atoms with E-state index in [0.717, 1.165) is 6.07 Å². The minimum atomic E-state index is -4.23. The molecular formula is C23H23N3O7S. The molecule has 34 heavy (non-hydrogen) atoms. The molecule has 1 saturated heterocycles. The van der Waals surface area contributed by atoms with Gasteiger partial charge in [-0.1, -0.05) is 24.3 Å². The van der Waals surface area contributed by atoms with E-state index in [-0.39, 0.29) is 29.2 Å². The fourth-order valence-corrected chi connectivity index (χ4v) is 4.79. The van der Waals surface area contributed by atoms with Gasteiger partial charge in [0.05, 0.1) is 28.4 Å². The molecule has 1 aliphatic rings. The van der Waals surface area contributed by atoms with E-state index in [1.807, 2.05) is 6.07 Å². The Hall–Kier alpha value is -3.86. The van der Waals surface area contributed by atoms with Gasteiger partial charge in [-0.15, -0.1) is 0 Å². The van der Waals surface area contributed by atoms with Crippen molar-refractivity contribution in [3.8, 4) is 5.69 Å². The highest BCUT2D eigenvalue weighted by Gasteiger charge is 2.31. The summed E-state index contributed by atoms with van der Waals surface area (Å²) < 4.78 is 41.5. The number of anilines is 1. The van der Waals surface area contributed by atoms with Crippen molar-refractivity contribution < 1.29 is 27.5 Å². The third-order valence-corrected chi connectivity index (χ3v) is 7.01. The highest BCUT2D eigenvalue weighted by molar-refractivity contribution is 7.92. The van der Waals surface area contributed by atoms with Crippen molar-refractivity contribution in [2.75, 3.05) is 11.3 Å². The normalized spacial score (nSPS) is 15.7. The monoisotopic (exact) mass is 485 g/mol. The van der Waals surface area contributed by atoms with Gasteiger partial charge in [0.15, 0.2) is 0 Å². The molecule has 0 bridgehead atoms. The largest absolute Gasteiger partial charge is 0.463 e. The summed E-state index contributed by atoms with van der Waals surface area (Å²) in [6, 6.07) is 12.8. The fourth-order valence-electron chi connectivity index (χ4n) is 3.64. The number of esters is 2. The van der Waals surface area contributed by atoms with Crippen LogP contribution in [0, 0.1) is 13.8 Å². The highest BCUT2D eigenvalue weighted by atomic mass is 32.2. The third-order valence-electron chi connectivity index (χ3n) is 5.67. The lowest BCUT2D eigenvalue weighted by Crippen LogP contribution is -2.24. The molecule has 10 nitrogen and oxygen atoms in total. The van der Waals surface area contributed by atoms with Gasteiger partial charge in [0, 0.05) is 13.5 Å². The van der Waals surface area contributed by atoms with Crippen LogP contribution in [0.2, 0.25) is 0 Å². The molecule has 0 amide bonds. The van der Waals surface area contributed by atoms with E-state index in [1.54, 1.807) is 49.8 Å². The van der Waals surface area contributed by atoms with E-state index in [0.29, 0.717) is 16.9 Å². The number of aromatic nitrogens is 2. The van der Waals surface area contributed by atoms with Gasteiger partial charge in [-0.2, -0.15) is 0 Å². The first-order valence-electron chi connectivity index (χ1n) is 10.5. The lowest BCUT2D eigenvalue weighted by molar-refractivity contribution is -0.145. The van der Waals surface area contributed by atoms with Crippen molar-refractivity contribution in [1.29, 1.82) is 0 Å². The number of hydrogen-bond donors (Lipinski definition) is 1. The van der Waals surface area contributed by atoms with E-state index >= 15 is 0 Å². The summed E-state index contributed by atoms with van der Waals surface area (Å²) in [6.45, 7) is 3.40. The lowest BCUT2D eigenvalue weighted by atomic mass is 10.1. The number of hydrogen-bond acceptors (Lipinski definition) is 7. The van der Waals surface area contributed by atoms with Crippen molar-refractivity contribution >= 4 is 27.6 Å². The molecule has 2 aromatic carbocycles. The minimum Gasteiger partial charge on any atom is -0.463 e. The number of rotatable bonds is 6. The number of nitrogens with one attached hydrogen (secondary N) is 1. The molecule has 1 N–H and O–H groups in total. The van der Waals surface area contributed by atoms with Crippen molar-refractivity contribution in [3.05, 3.63) is 75.7 Å². The number of aryl methyl sites for hydroxylation is 1. The van der Waals surface area contributed by atoms with Crippen LogP contribution < -0.4 is 10.3 Å². The Kier molecular flexibility index (Phi) is 6.05. The molecule has 3 aromatic rings. The Bertz CT molecular complexity index is 1440. The molecule has 11 heteroatoms. The Morgan fingerprint density at radius 2 is 1.82 bits per heavy atom. The van der Waals surface area contributed by atoms with Gasteiger partial charge >= 0.3 is 11.9 Å². The number of benzene rings is 2. The molecule has 1 atom stereocenters. The summed E-state index contributed by atoms with van der Waals surface area (Å²) in [5.74, 6) is -1.47. The van der Waals surface area contributed by atoms with Gasteiger partial charge in [-0.25, -0.2) is 22.7 Å². The topological polar surface area (TPSA) is 126 Å². The molecule has 178 valence electrons. The maximum Gasteiger partial charge on any atom is 0.347 e. The first-order chi connectivity index (χ1) is 16.1. The van der Waals surface area contributed by atoms with Crippen LogP contribution in [0.25, 0.3) is 5.69 Å². The van der Waals surface area contributed by atoms with E-state index in [1.165, 1.54) is 16.8 Å². The van der Waals surface area contributed by atoms with E-state index in [9.17, 15) is 22.8 Å². The molecule has 1 aromatic heterocycles. The highest BCUT2D eigenvalue weighted by Crippen LogP contribution is 2.22. The Labute approximate surface area is 195 Å². The van der Waals surface area contributed by atoms with Crippen LogP contribution in [0.4, 0.5) is 5.69 Å². The van der Waals surface area contributed by atoms with Crippen LogP contribution in [0.15, 0.2) is 58.2 Å². The molecule has 1 aliphatic heterocycles. The summed E-state index contributed by atoms with van der Waals surface area (Å²) in [5, 5.41) is 0. The molecular weight excluding hydrogens is 462 g/mol. The third kappa shape index (κ3) is 4.21. The maximum atomic E-state index is 13.2. The number of carbonyl (C=O) groups excluding carboxylic acids is 2. The van der Waals surface area contributed by atoms with Gasteiger partial charge in [0.25, 0.3) is 15.6 Å². The zero-order valence-corrected chi connectivity index (χ0v) is 19.6. The van der Waals surface area contributed by atoms with Crippen molar-refractivity contribution in [1.82, 2.24) is 9.36 Å². The molecule has 0 aliphatic carbocycles. The van der Waals surface area contributed by atoms with Crippen molar-refractivity contribution in [3.63, 3.8) is 0 Å². The quantitative estimate of drug-likeness (QED) is 0.530. The predicted molar refractivity (Wildman–Crippen MR) is 123 cm³/mol. The average molecular weight is 486 g/mol. The van der Waals surface area contributed by atoms with E-state index < -0.39 is 33.6 Å². The second-order valence-corrected chi connectivity index (χ2v) is 9.55. The van der Waals surface area contributed by atoms with E-state index in [4.69, 9.17) is 9.47 Å². The summed E-state index contributed by atoms with van der Waals surface area (Å²) in [4.78, 5) is 37.1. The number of ether oxygens (including phenoxy) is 2. The Balaban J connectivity index is 1.66. The molecule has 2 heterocycles. The zero-order valence-electron chi connectivity index (χ0n) is 18.8. The number of para-hydroxylation sites is 1. The average Bonchev–Trinajstić information content (AvgIpc) is 3.30. The van der Waals surface area contributed by atoms with Gasteiger partial charge < -0.3 is 9.47 Å². The molecule has 1 fully saturated rings. The Morgan fingerprint density at radius 3 is 2.47 bits per heavy atom. The summed E-state index contributed by atoms with van der Waals surface area (Å²) in [7, 11) is -2.58. The first-order valence-corrected chi connectivity index (χ1v) is 11.9. The SMILES string of the molecule is Cc1ccc(S(=O)(=O)Nc2c(C)n(C)n(-c3ccccc3)c2=O)cc1C(=O)OC1CCOC1=O. The zero-order chi connectivity index (χ0) is 24.6. The van der Waals surface area contributed by atoms with Crippen LogP contribution in [0.3, 0.4) is 0 Å². The summed E-state index contributed by atoms with van der Waals surface area (Å²) >= 11 is 0. The molecule has 0 saturated carbocycles. The minimum absolute atomic E-state index is 0.00550. The van der Waals surface area contributed by atoms with Crippen molar-refractivity contribution in [2.45, 2.75) is 31.3 Å². The maximum absolute atomic E-state index is 13.2. The number of cyclic esters (lactones) is 1. The van der Waals surface area contributed by atoms with Gasteiger partial charge in [0.2, 0.25) is 6.10 Å². The van der Waals surface area contributed by atoms with Crippen molar-refractivity contribution in [2.24, 2.45) is 7.05 Å². The van der Waals surface area contributed by atoms with Crippen LogP contribution in [-0.4, -0.2) is 42.4 Å². The number of sulfonamides is 1. The summed E-state index contributed by atoms with van der Waals surface area (Å²) in [6.07, 6.45) is -0.779. The second-order valence-electron chi connectivity index (χ2n) is 7.87.